The van der Waals surface area contributed by atoms with Gasteiger partial charge in [0.15, 0.2) is 0 Å². The van der Waals surface area contributed by atoms with E-state index < -0.39 is 10.0 Å². The number of nitrogens with zero attached hydrogens (tertiary/aromatic N) is 1. The van der Waals surface area contributed by atoms with E-state index in [0.717, 1.165) is 36.8 Å². The predicted molar refractivity (Wildman–Crippen MR) is 135 cm³/mol. The highest BCUT2D eigenvalue weighted by Gasteiger charge is 2.34. The lowest BCUT2D eigenvalue weighted by Gasteiger charge is -2.35. The van der Waals surface area contributed by atoms with E-state index in [0.29, 0.717) is 36.4 Å². The van der Waals surface area contributed by atoms with Crippen LogP contribution in [0.15, 0.2) is 53.4 Å². The summed E-state index contributed by atoms with van der Waals surface area (Å²) in [6, 6.07) is 14.1. The van der Waals surface area contributed by atoms with Gasteiger partial charge >= 0.3 is 0 Å². The average molecular weight is 498 g/mol. The molecule has 0 spiro atoms. The zero-order valence-corrected chi connectivity index (χ0v) is 21.3. The summed E-state index contributed by atoms with van der Waals surface area (Å²) in [5, 5.41) is 6.32. The zero-order valence-electron chi connectivity index (χ0n) is 20.5. The highest BCUT2D eigenvalue weighted by atomic mass is 32.2. The SMILES string of the molecule is Cc1ccc(S(=O)(=O)N2CCC(C(=O)N[C@@H]3CCCC[C@H]3NC(=O)c3ccccc3C)CC2)cc1. The Morgan fingerprint density at radius 2 is 1.43 bits per heavy atom. The summed E-state index contributed by atoms with van der Waals surface area (Å²) >= 11 is 0. The van der Waals surface area contributed by atoms with Crippen molar-refractivity contribution in [2.45, 2.75) is 69.4 Å². The van der Waals surface area contributed by atoms with E-state index in [4.69, 9.17) is 0 Å². The van der Waals surface area contributed by atoms with Gasteiger partial charge < -0.3 is 10.6 Å². The largest absolute Gasteiger partial charge is 0.351 e. The molecule has 2 aromatic carbocycles. The fourth-order valence-corrected chi connectivity index (χ4v) is 6.54. The van der Waals surface area contributed by atoms with Crippen LogP contribution in [0.25, 0.3) is 0 Å². The minimum Gasteiger partial charge on any atom is -0.351 e. The zero-order chi connectivity index (χ0) is 25.0. The molecule has 1 aliphatic heterocycles. The number of sulfonamides is 1. The van der Waals surface area contributed by atoms with E-state index in [2.05, 4.69) is 10.6 Å². The van der Waals surface area contributed by atoms with Crippen molar-refractivity contribution in [3.8, 4) is 0 Å². The molecule has 1 heterocycles. The summed E-state index contributed by atoms with van der Waals surface area (Å²) in [6.07, 6.45) is 4.66. The number of carbonyl (C=O) groups is 2. The van der Waals surface area contributed by atoms with Gasteiger partial charge in [0.25, 0.3) is 5.91 Å². The second kappa shape index (κ2) is 10.9. The van der Waals surface area contributed by atoms with Crippen LogP contribution in [0, 0.1) is 19.8 Å². The van der Waals surface area contributed by atoms with Crippen molar-refractivity contribution in [2.75, 3.05) is 13.1 Å². The topological polar surface area (TPSA) is 95.6 Å². The molecule has 2 N–H and O–H groups in total. The van der Waals surface area contributed by atoms with Gasteiger partial charge in [0, 0.05) is 36.7 Å². The summed E-state index contributed by atoms with van der Waals surface area (Å²) in [7, 11) is -3.55. The fourth-order valence-electron chi connectivity index (χ4n) is 5.07. The van der Waals surface area contributed by atoms with Gasteiger partial charge in [-0.15, -0.1) is 0 Å². The first-order valence-electron chi connectivity index (χ1n) is 12.5. The van der Waals surface area contributed by atoms with Gasteiger partial charge in [-0.05, 0) is 63.3 Å². The van der Waals surface area contributed by atoms with E-state index in [9.17, 15) is 18.0 Å². The first-order chi connectivity index (χ1) is 16.8. The Hall–Kier alpha value is -2.71. The van der Waals surface area contributed by atoms with Crippen LogP contribution >= 0.6 is 0 Å². The van der Waals surface area contributed by atoms with Crippen molar-refractivity contribution in [3.05, 3.63) is 65.2 Å². The molecule has 1 aliphatic carbocycles. The molecule has 0 aromatic heterocycles. The number of hydrogen-bond acceptors (Lipinski definition) is 4. The average Bonchev–Trinajstić information content (AvgIpc) is 2.86. The molecule has 8 heteroatoms. The minimum absolute atomic E-state index is 0.0422. The maximum Gasteiger partial charge on any atom is 0.251 e. The van der Waals surface area contributed by atoms with Crippen LogP contribution in [0.5, 0.6) is 0 Å². The summed E-state index contributed by atoms with van der Waals surface area (Å²) in [4.78, 5) is 26.2. The van der Waals surface area contributed by atoms with Crippen LogP contribution in [-0.4, -0.2) is 49.7 Å². The predicted octanol–water partition coefficient (Wildman–Crippen LogP) is 3.56. The molecule has 1 saturated heterocycles. The second-order valence-corrected chi connectivity index (χ2v) is 11.7. The Labute approximate surface area is 208 Å². The van der Waals surface area contributed by atoms with Crippen molar-refractivity contribution >= 4 is 21.8 Å². The van der Waals surface area contributed by atoms with Crippen LogP contribution in [0.2, 0.25) is 0 Å². The number of aryl methyl sites for hydroxylation is 2. The summed E-state index contributed by atoms with van der Waals surface area (Å²) < 4.78 is 27.4. The third-order valence-corrected chi connectivity index (χ3v) is 9.20. The molecule has 1 saturated carbocycles. The standard InChI is InChI=1S/C27H35N3O4S/c1-19-11-13-22(14-12-19)35(33,34)30-17-15-21(16-18-30)26(31)28-24-9-5-6-10-25(24)29-27(32)23-8-4-3-7-20(23)2/h3-4,7-8,11-14,21,24-25H,5-6,9-10,15-18H2,1-2H3,(H,28,31)(H,29,32)/t24-,25-/m1/s1. The van der Waals surface area contributed by atoms with Crippen LogP contribution < -0.4 is 10.6 Å². The normalized spacial score (nSPS) is 21.9. The van der Waals surface area contributed by atoms with Crippen LogP contribution in [0.4, 0.5) is 0 Å². The summed E-state index contributed by atoms with van der Waals surface area (Å²) in [5.74, 6) is -0.377. The quantitative estimate of drug-likeness (QED) is 0.638. The van der Waals surface area contributed by atoms with Gasteiger partial charge in [0.1, 0.15) is 0 Å². The Morgan fingerprint density at radius 1 is 0.829 bits per heavy atom. The number of piperidine rings is 1. The lowest BCUT2D eigenvalue weighted by molar-refractivity contribution is -0.127. The van der Waals surface area contributed by atoms with Crippen molar-refractivity contribution < 1.29 is 18.0 Å². The fraction of sp³-hybridized carbons (Fsp3) is 0.481. The number of carbonyl (C=O) groups excluding carboxylic acids is 2. The first kappa shape index (κ1) is 25.4. The molecule has 2 atom stereocenters. The van der Waals surface area contributed by atoms with E-state index >= 15 is 0 Å². The molecule has 0 bridgehead atoms. The molecule has 7 nitrogen and oxygen atoms in total. The van der Waals surface area contributed by atoms with E-state index in [-0.39, 0.29) is 29.8 Å². The Kier molecular flexibility index (Phi) is 7.91. The molecule has 4 rings (SSSR count). The lowest BCUT2D eigenvalue weighted by Crippen LogP contribution is -2.55. The molecule has 2 fully saturated rings. The lowest BCUT2D eigenvalue weighted by atomic mass is 9.88. The molecule has 35 heavy (non-hydrogen) atoms. The van der Waals surface area contributed by atoms with Crippen molar-refractivity contribution in [1.29, 1.82) is 0 Å². The molecule has 2 aromatic rings. The number of rotatable bonds is 6. The van der Waals surface area contributed by atoms with Gasteiger partial charge in [-0.2, -0.15) is 4.31 Å². The van der Waals surface area contributed by atoms with Crippen LogP contribution in [-0.2, 0) is 14.8 Å². The molecular weight excluding hydrogens is 462 g/mol. The number of benzene rings is 2. The second-order valence-electron chi connectivity index (χ2n) is 9.79. The maximum atomic E-state index is 13.1. The van der Waals surface area contributed by atoms with Crippen LogP contribution in [0.3, 0.4) is 0 Å². The van der Waals surface area contributed by atoms with Crippen molar-refractivity contribution in [3.63, 3.8) is 0 Å². The van der Waals surface area contributed by atoms with Crippen molar-refractivity contribution in [2.24, 2.45) is 5.92 Å². The molecule has 2 aliphatic rings. The molecule has 2 amide bonds. The number of nitrogens with one attached hydrogen (secondary N) is 2. The van der Waals surface area contributed by atoms with Gasteiger partial charge in [0.2, 0.25) is 15.9 Å². The Bertz CT molecular complexity index is 1160. The van der Waals surface area contributed by atoms with Crippen molar-refractivity contribution in [1.82, 2.24) is 14.9 Å². The van der Waals surface area contributed by atoms with Gasteiger partial charge in [0.05, 0.1) is 4.90 Å². The van der Waals surface area contributed by atoms with E-state index in [1.54, 1.807) is 24.3 Å². The molecule has 0 radical (unpaired) electrons. The molecule has 188 valence electrons. The van der Waals surface area contributed by atoms with E-state index in [1.807, 2.05) is 38.1 Å². The highest BCUT2D eigenvalue weighted by Crippen LogP contribution is 2.26. The summed E-state index contributed by atoms with van der Waals surface area (Å²) in [5.41, 5.74) is 2.59. The third kappa shape index (κ3) is 5.93. The Balaban J connectivity index is 1.33. The van der Waals surface area contributed by atoms with E-state index in [1.165, 1.54) is 4.31 Å². The minimum atomic E-state index is -3.55. The summed E-state index contributed by atoms with van der Waals surface area (Å²) in [6.45, 7) is 4.49. The third-order valence-electron chi connectivity index (χ3n) is 7.28. The van der Waals surface area contributed by atoms with Gasteiger partial charge in [-0.1, -0.05) is 48.7 Å². The Morgan fingerprint density at radius 3 is 2.06 bits per heavy atom. The highest BCUT2D eigenvalue weighted by molar-refractivity contribution is 7.89. The van der Waals surface area contributed by atoms with Gasteiger partial charge in [-0.25, -0.2) is 8.42 Å². The monoisotopic (exact) mass is 497 g/mol. The first-order valence-corrected chi connectivity index (χ1v) is 13.9. The number of amides is 2. The van der Waals surface area contributed by atoms with Gasteiger partial charge in [-0.3, -0.25) is 9.59 Å². The molecular formula is C27H35N3O4S. The number of hydrogen-bond donors (Lipinski definition) is 2. The smallest absolute Gasteiger partial charge is 0.251 e. The molecule has 0 unspecified atom stereocenters. The van der Waals surface area contributed by atoms with Crippen LogP contribution in [0.1, 0.15) is 60.0 Å². The maximum absolute atomic E-state index is 13.1.